The summed E-state index contributed by atoms with van der Waals surface area (Å²) in [5.74, 6) is -0.0283. The van der Waals surface area contributed by atoms with Gasteiger partial charge in [0.05, 0.1) is 25.1 Å². The van der Waals surface area contributed by atoms with E-state index in [-0.39, 0.29) is 24.4 Å². The number of hydrogen-bond donors (Lipinski definition) is 3. The lowest BCUT2D eigenvalue weighted by Gasteiger charge is -2.22. The zero-order valence-corrected chi connectivity index (χ0v) is 9.55. The van der Waals surface area contributed by atoms with Crippen molar-refractivity contribution in [2.24, 2.45) is 0 Å². The smallest absolute Gasteiger partial charge is 0.226 e. The van der Waals surface area contributed by atoms with Crippen LogP contribution in [0.5, 0.6) is 0 Å². The summed E-state index contributed by atoms with van der Waals surface area (Å²) >= 11 is 0. The number of anilines is 1. The van der Waals surface area contributed by atoms with Crippen molar-refractivity contribution in [1.29, 1.82) is 0 Å². The molecule has 2 rings (SSSR count). The first-order valence-corrected chi connectivity index (χ1v) is 4.94. The van der Waals surface area contributed by atoms with Crippen molar-refractivity contribution < 1.29 is 9.53 Å². The van der Waals surface area contributed by atoms with Crippen LogP contribution in [0.3, 0.4) is 0 Å². The van der Waals surface area contributed by atoms with Crippen LogP contribution in [0.1, 0.15) is 6.42 Å². The summed E-state index contributed by atoms with van der Waals surface area (Å²) in [6.45, 7) is 2.13. The Morgan fingerprint density at radius 1 is 1.69 bits per heavy atom. The lowest BCUT2D eigenvalue weighted by molar-refractivity contribution is -0.117. The van der Waals surface area contributed by atoms with Crippen LogP contribution in [-0.4, -0.2) is 41.9 Å². The Morgan fingerprint density at radius 2 is 2.56 bits per heavy atom. The number of carbonyl (C=O) groups excluding carboxylic acids is 1. The first kappa shape index (κ1) is 13.0. The van der Waals surface area contributed by atoms with Gasteiger partial charge in [-0.05, 0) is 0 Å². The largest absolute Gasteiger partial charge is 0.378 e. The maximum Gasteiger partial charge on any atom is 0.226 e. The highest BCUT2D eigenvalue weighted by molar-refractivity contribution is 5.90. The second-order valence-electron chi connectivity index (χ2n) is 3.47. The molecule has 1 saturated heterocycles. The highest BCUT2D eigenvalue weighted by Crippen LogP contribution is 2.04. The molecule has 0 spiro atoms. The summed E-state index contributed by atoms with van der Waals surface area (Å²) < 4.78 is 5.26. The number of amides is 1. The van der Waals surface area contributed by atoms with Crippen LogP contribution >= 0.6 is 12.4 Å². The Morgan fingerprint density at radius 3 is 3.19 bits per heavy atom. The summed E-state index contributed by atoms with van der Waals surface area (Å²) in [5.41, 5.74) is 0.691. The van der Waals surface area contributed by atoms with E-state index >= 15 is 0 Å². The molecule has 1 unspecified atom stereocenters. The topological polar surface area (TPSA) is 79.0 Å². The number of carbonyl (C=O) groups is 1. The van der Waals surface area contributed by atoms with Crippen LogP contribution in [0.2, 0.25) is 0 Å². The lowest BCUT2D eigenvalue weighted by atomic mass is 10.2. The highest BCUT2D eigenvalue weighted by Gasteiger charge is 2.16. The minimum absolute atomic E-state index is 0. The fourth-order valence-corrected chi connectivity index (χ4v) is 1.51. The van der Waals surface area contributed by atoms with Crippen LogP contribution in [0.15, 0.2) is 12.4 Å². The fourth-order valence-electron chi connectivity index (χ4n) is 1.51. The second-order valence-corrected chi connectivity index (χ2v) is 3.47. The van der Waals surface area contributed by atoms with Gasteiger partial charge in [0.25, 0.3) is 0 Å². The Labute approximate surface area is 99.5 Å². The third-order valence-corrected chi connectivity index (χ3v) is 2.21. The van der Waals surface area contributed by atoms with Gasteiger partial charge in [-0.1, -0.05) is 0 Å². The molecule has 0 aliphatic carbocycles. The molecule has 0 bridgehead atoms. The van der Waals surface area contributed by atoms with Gasteiger partial charge in [-0.25, -0.2) is 0 Å². The zero-order valence-electron chi connectivity index (χ0n) is 8.73. The van der Waals surface area contributed by atoms with E-state index in [9.17, 15) is 4.79 Å². The first-order valence-electron chi connectivity index (χ1n) is 4.94. The quantitative estimate of drug-likeness (QED) is 0.709. The Hall–Kier alpha value is -1.11. The van der Waals surface area contributed by atoms with E-state index in [1.165, 1.54) is 0 Å². The molecule has 16 heavy (non-hydrogen) atoms. The number of halogens is 1. The van der Waals surface area contributed by atoms with Crippen molar-refractivity contribution >= 4 is 24.0 Å². The number of hydrogen-bond acceptors (Lipinski definition) is 4. The standard InChI is InChI=1S/C9H14N4O2.ClH/c14-9(13-8-4-11-12-5-8)3-7-6-15-2-1-10-7;/h4-5,7,10H,1-3,6H2,(H,11,12)(H,13,14);1H. The van der Waals surface area contributed by atoms with Gasteiger partial charge in [0, 0.05) is 25.2 Å². The highest BCUT2D eigenvalue weighted by atomic mass is 35.5. The van der Waals surface area contributed by atoms with E-state index in [4.69, 9.17) is 4.74 Å². The Bertz CT molecular complexity index is 311. The first-order chi connectivity index (χ1) is 7.34. The van der Waals surface area contributed by atoms with Crippen LogP contribution in [0.25, 0.3) is 0 Å². The normalized spacial score (nSPS) is 19.9. The van der Waals surface area contributed by atoms with Crippen molar-refractivity contribution in [3.63, 3.8) is 0 Å². The number of aromatic amines is 1. The van der Waals surface area contributed by atoms with Crippen molar-refractivity contribution in [3.05, 3.63) is 12.4 Å². The van der Waals surface area contributed by atoms with Gasteiger partial charge in [-0.3, -0.25) is 9.89 Å². The number of aromatic nitrogens is 2. The Balaban J connectivity index is 0.00000128. The molecule has 90 valence electrons. The molecule has 1 aromatic rings. The van der Waals surface area contributed by atoms with E-state index in [1.54, 1.807) is 12.4 Å². The monoisotopic (exact) mass is 246 g/mol. The van der Waals surface area contributed by atoms with Crippen LogP contribution < -0.4 is 10.6 Å². The van der Waals surface area contributed by atoms with Crippen LogP contribution in [0.4, 0.5) is 5.69 Å². The molecule has 2 heterocycles. The Kier molecular flexibility index (Phi) is 5.24. The van der Waals surface area contributed by atoms with E-state index in [2.05, 4.69) is 20.8 Å². The number of nitrogens with one attached hydrogen (secondary N) is 3. The van der Waals surface area contributed by atoms with Crippen molar-refractivity contribution in [3.8, 4) is 0 Å². The van der Waals surface area contributed by atoms with E-state index in [0.717, 1.165) is 13.2 Å². The number of rotatable bonds is 3. The van der Waals surface area contributed by atoms with E-state index in [0.29, 0.717) is 18.7 Å². The van der Waals surface area contributed by atoms with Gasteiger partial charge in [0.1, 0.15) is 0 Å². The molecule has 1 aromatic heterocycles. The van der Waals surface area contributed by atoms with Crippen LogP contribution in [-0.2, 0) is 9.53 Å². The summed E-state index contributed by atoms with van der Waals surface area (Å²) in [5, 5.41) is 12.3. The molecule has 1 atom stereocenters. The van der Waals surface area contributed by atoms with Gasteiger partial charge in [0.15, 0.2) is 0 Å². The lowest BCUT2D eigenvalue weighted by Crippen LogP contribution is -2.43. The molecule has 6 nitrogen and oxygen atoms in total. The molecule has 1 aliphatic heterocycles. The summed E-state index contributed by atoms with van der Waals surface area (Å²) in [4.78, 5) is 11.5. The molecule has 3 N–H and O–H groups in total. The maximum atomic E-state index is 11.5. The van der Waals surface area contributed by atoms with Gasteiger partial charge < -0.3 is 15.4 Å². The molecular formula is C9H15ClN4O2. The minimum Gasteiger partial charge on any atom is -0.378 e. The molecule has 1 amide bonds. The number of H-pyrrole nitrogens is 1. The molecule has 0 radical (unpaired) electrons. The second kappa shape index (κ2) is 6.47. The molecule has 0 aromatic carbocycles. The van der Waals surface area contributed by atoms with E-state index < -0.39 is 0 Å². The summed E-state index contributed by atoms with van der Waals surface area (Å²) in [6, 6.07) is 0.116. The molecule has 7 heteroatoms. The molecule has 0 saturated carbocycles. The van der Waals surface area contributed by atoms with Gasteiger partial charge in [-0.2, -0.15) is 5.10 Å². The summed E-state index contributed by atoms with van der Waals surface area (Å²) in [7, 11) is 0. The van der Waals surface area contributed by atoms with E-state index in [1.807, 2.05) is 0 Å². The minimum atomic E-state index is -0.0283. The molecule has 1 fully saturated rings. The summed E-state index contributed by atoms with van der Waals surface area (Å²) in [6.07, 6.45) is 3.64. The molecular weight excluding hydrogens is 232 g/mol. The van der Waals surface area contributed by atoms with Gasteiger partial charge in [-0.15, -0.1) is 12.4 Å². The number of ether oxygens (including phenoxy) is 1. The predicted molar refractivity (Wildman–Crippen MR) is 61.7 cm³/mol. The average molecular weight is 247 g/mol. The average Bonchev–Trinajstić information content (AvgIpc) is 2.71. The van der Waals surface area contributed by atoms with Crippen molar-refractivity contribution in [1.82, 2.24) is 15.5 Å². The zero-order chi connectivity index (χ0) is 10.5. The van der Waals surface area contributed by atoms with Gasteiger partial charge >= 0.3 is 0 Å². The predicted octanol–water partition coefficient (Wildman–Crippen LogP) is 0.148. The fraction of sp³-hybridized carbons (Fsp3) is 0.556. The number of morpholine rings is 1. The van der Waals surface area contributed by atoms with Gasteiger partial charge in [0.2, 0.25) is 5.91 Å². The maximum absolute atomic E-state index is 11.5. The number of nitrogens with zero attached hydrogens (tertiary/aromatic N) is 1. The van der Waals surface area contributed by atoms with Crippen LogP contribution in [0, 0.1) is 0 Å². The third-order valence-electron chi connectivity index (χ3n) is 2.21. The third kappa shape index (κ3) is 3.80. The van der Waals surface area contributed by atoms with Crippen molar-refractivity contribution in [2.75, 3.05) is 25.1 Å². The van der Waals surface area contributed by atoms with Crippen molar-refractivity contribution in [2.45, 2.75) is 12.5 Å². The molecule has 1 aliphatic rings. The SMILES string of the molecule is Cl.O=C(CC1COCCN1)Nc1cn[nH]c1.